The van der Waals surface area contributed by atoms with Gasteiger partial charge in [-0.15, -0.1) is 68.0 Å². The molecule has 0 aliphatic heterocycles. The lowest BCUT2D eigenvalue weighted by molar-refractivity contribution is -0.0289. The van der Waals surface area contributed by atoms with E-state index in [1.807, 2.05) is 68.0 Å². The van der Waals surface area contributed by atoms with Crippen molar-refractivity contribution in [1.82, 2.24) is 0 Å². The summed E-state index contributed by atoms with van der Waals surface area (Å²) in [5, 5.41) is 0. The highest BCUT2D eigenvalue weighted by Gasteiger charge is 2.19. The second-order valence-corrected chi connectivity index (χ2v) is 21.0. The van der Waals surface area contributed by atoms with E-state index in [9.17, 15) is 0 Å². The van der Waals surface area contributed by atoms with Gasteiger partial charge in [-0.2, -0.15) is 0 Å². The van der Waals surface area contributed by atoms with Gasteiger partial charge in [0.1, 0.15) is 6.79 Å². The van der Waals surface area contributed by atoms with Crippen molar-refractivity contribution in [3.05, 3.63) is 113 Å². The van der Waals surface area contributed by atoms with Crippen LogP contribution in [-0.4, -0.2) is 20.5 Å². The normalized spacial score (nSPS) is 11.8. The maximum Gasteiger partial charge on any atom is 0.146 e. The van der Waals surface area contributed by atoms with Crippen LogP contribution in [0.15, 0.2) is 91.0 Å². The maximum atomic E-state index is 5.53. The van der Waals surface area contributed by atoms with E-state index in [4.69, 9.17) is 9.47 Å². The summed E-state index contributed by atoms with van der Waals surface area (Å²) in [6, 6.07) is 32.7. The van der Waals surface area contributed by atoms with E-state index in [-0.39, 0.29) is 0 Å². The van der Waals surface area contributed by atoms with E-state index >= 15 is 0 Å². The second kappa shape index (κ2) is 21.4. The highest BCUT2D eigenvalue weighted by atomic mass is 32.1. The molecule has 1 aromatic carbocycles. The predicted molar refractivity (Wildman–Crippen MR) is 258 cm³/mol. The Morgan fingerprint density at radius 3 is 1.58 bits per heavy atom. The summed E-state index contributed by atoms with van der Waals surface area (Å²) in [6.45, 7) is 7.71. The SMILES string of the molecule is C/C=C/c1ccc(-c2cc(CCCCCC)c(-c3ccc(-c4ccc(-c5sc(-c6ccc(-c7ccc(CCOCOC)s7)s6)cc5CCCCCC)s4)s3)s2)cc1. The fourth-order valence-electron chi connectivity index (χ4n) is 7.09. The van der Waals surface area contributed by atoms with Gasteiger partial charge < -0.3 is 9.47 Å². The maximum absolute atomic E-state index is 5.53. The van der Waals surface area contributed by atoms with Crippen LogP contribution < -0.4 is 0 Å². The highest BCUT2D eigenvalue weighted by molar-refractivity contribution is 7.30. The van der Waals surface area contributed by atoms with Crippen LogP contribution in [0.5, 0.6) is 0 Å². The van der Waals surface area contributed by atoms with Crippen LogP contribution in [0.3, 0.4) is 0 Å². The number of aryl methyl sites for hydroxylation is 2. The van der Waals surface area contributed by atoms with Crippen molar-refractivity contribution in [2.45, 2.75) is 91.4 Å². The third kappa shape index (κ3) is 11.0. The van der Waals surface area contributed by atoms with Gasteiger partial charge >= 0.3 is 0 Å². The molecule has 0 aliphatic rings. The van der Waals surface area contributed by atoms with E-state index in [2.05, 4.69) is 118 Å². The van der Waals surface area contributed by atoms with Crippen molar-refractivity contribution in [3.8, 4) is 59.2 Å². The number of hydrogen-bond acceptors (Lipinski definition) is 8. The minimum absolute atomic E-state index is 0.349. The molecule has 0 fully saturated rings. The lowest BCUT2D eigenvalue weighted by atomic mass is 10.0. The minimum atomic E-state index is 0.349. The molecule has 0 bridgehead atoms. The molecule has 0 N–H and O–H groups in total. The Labute approximate surface area is 364 Å². The van der Waals surface area contributed by atoms with Crippen molar-refractivity contribution in [3.63, 3.8) is 0 Å². The van der Waals surface area contributed by atoms with Crippen molar-refractivity contribution < 1.29 is 9.47 Å². The number of rotatable bonds is 22. The number of methoxy groups -OCH3 is 1. The molecular formula is C49H54O2S6. The first-order valence-corrected chi connectivity index (χ1v) is 25.4. The van der Waals surface area contributed by atoms with Gasteiger partial charge in [-0.05, 0) is 116 Å². The van der Waals surface area contributed by atoms with E-state index in [1.54, 1.807) is 7.11 Å². The second-order valence-electron chi connectivity index (χ2n) is 14.5. The first kappa shape index (κ1) is 42.2. The van der Waals surface area contributed by atoms with Crippen molar-refractivity contribution in [1.29, 1.82) is 0 Å². The summed E-state index contributed by atoms with van der Waals surface area (Å²) >= 11 is 11.7. The van der Waals surface area contributed by atoms with Gasteiger partial charge in [-0.3, -0.25) is 0 Å². The molecule has 7 aromatic rings. The van der Waals surface area contributed by atoms with Crippen LogP contribution in [-0.2, 0) is 28.7 Å². The fraction of sp³-hybridized carbons (Fsp3) is 0.347. The molecular weight excluding hydrogens is 813 g/mol. The molecule has 0 amide bonds. The summed E-state index contributed by atoms with van der Waals surface area (Å²) in [5.41, 5.74) is 5.58. The molecule has 2 nitrogen and oxygen atoms in total. The highest BCUT2D eigenvalue weighted by Crippen LogP contribution is 2.49. The van der Waals surface area contributed by atoms with Gasteiger partial charge in [0, 0.05) is 72.1 Å². The Balaban J connectivity index is 1.12. The quantitative estimate of drug-likeness (QED) is 0.0499. The summed E-state index contributed by atoms with van der Waals surface area (Å²) in [7, 11) is 1.67. The van der Waals surface area contributed by atoms with Gasteiger partial charge in [0.25, 0.3) is 0 Å². The predicted octanol–water partition coefficient (Wildman–Crippen LogP) is 17.5. The molecule has 57 heavy (non-hydrogen) atoms. The third-order valence-electron chi connectivity index (χ3n) is 10.1. The average Bonchev–Trinajstić information content (AvgIpc) is 4.08. The molecule has 6 heterocycles. The van der Waals surface area contributed by atoms with Crippen molar-refractivity contribution in [2.75, 3.05) is 20.5 Å². The average molecular weight is 867 g/mol. The van der Waals surface area contributed by atoms with Gasteiger partial charge in [-0.1, -0.05) is 88.8 Å². The first-order valence-electron chi connectivity index (χ1n) is 20.5. The molecule has 0 unspecified atom stereocenters. The fourth-order valence-corrected chi connectivity index (χ4v) is 14.1. The van der Waals surface area contributed by atoms with Crippen molar-refractivity contribution >= 4 is 74.1 Å². The number of ether oxygens (including phenoxy) is 2. The van der Waals surface area contributed by atoms with Crippen LogP contribution in [0.2, 0.25) is 0 Å². The summed E-state index contributed by atoms with van der Waals surface area (Å²) in [4.78, 5) is 16.6. The summed E-state index contributed by atoms with van der Waals surface area (Å²) in [5.74, 6) is 0. The number of benzene rings is 1. The van der Waals surface area contributed by atoms with E-state index in [1.165, 1.54) is 132 Å². The smallest absolute Gasteiger partial charge is 0.146 e. The summed E-state index contributed by atoms with van der Waals surface area (Å²) < 4.78 is 10.6. The van der Waals surface area contributed by atoms with Crippen LogP contribution in [0, 0.1) is 0 Å². The molecule has 0 spiro atoms. The largest absolute Gasteiger partial charge is 0.359 e. The molecule has 0 aliphatic carbocycles. The van der Waals surface area contributed by atoms with Gasteiger partial charge in [-0.25, -0.2) is 0 Å². The Morgan fingerprint density at radius 1 is 0.491 bits per heavy atom. The zero-order valence-electron chi connectivity index (χ0n) is 33.7. The zero-order chi connectivity index (χ0) is 39.4. The molecule has 0 radical (unpaired) electrons. The Bertz CT molecular complexity index is 2300. The molecule has 0 atom stereocenters. The lowest BCUT2D eigenvalue weighted by Crippen LogP contribution is -2.00. The minimum Gasteiger partial charge on any atom is -0.359 e. The van der Waals surface area contributed by atoms with E-state index < -0.39 is 0 Å². The lowest BCUT2D eigenvalue weighted by Gasteiger charge is -2.02. The monoisotopic (exact) mass is 866 g/mol. The number of thiophene rings is 6. The number of unbranched alkanes of at least 4 members (excludes halogenated alkanes) is 6. The Hall–Kier alpha value is -2.92. The Kier molecular flexibility index (Phi) is 15.8. The van der Waals surface area contributed by atoms with E-state index in [0.29, 0.717) is 13.4 Å². The molecule has 6 aromatic heterocycles. The summed E-state index contributed by atoms with van der Waals surface area (Å²) in [6.07, 6.45) is 17.7. The molecule has 0 saturated heterocycles. The van der Waals surface area contributed by atoms with Crippen LogP contribution in [0.1, 0.15) is 93.7 Å². The first-order chi connectivity index (χ1) is 28.1. The van der Waals surface area contributed by atoms with Crippen LogP contribution >= 0.6 is 68.0 Å². The third-order valence-corrected chi connectivity index (χ3v) is 17.9. The Morgan fingerprint density at radius 2 is 1.00 bits per heavy atom. The molecule has 298 valence electrons. The van der Waals surface area contributed by atoms with Crippen molar-refractivity contribution in [2.24, 2.45) is 0 Å². The van der Waals surface area contributed by atoms with E-state index in [0.717, 1.165) is 19.3 Å². The number of allylic oxidation sites excluding steroid dienone is 1. The van der Waals surface area contributed by atoms with Gasteiger partial charge in [0.05, 0.1) is 6.61 Å². The van der Waals surface area contributed by atoms with Crippen LogP contribution in [0.4, 0.5) is 0 Å². The number of hydrogen-bond donors (Lipinski definition) is 0. The molecule has 0 saturated carbocycles. The van der Waals surface area contributed by atoms with Gasteiger partial charge in [0.15, 0.2) is 0 Å². The standard InChI is InChI=1S/C49H54O2S6/c1-5-8-10-12-15-36-31-46(35-19-17-34(14-7-3)18-20-35)56-48(36)44-27-25-41(54-44)42-26-28-45(55-42)49-37(16-13-11-9-6-2)32-47(57-49)43-24-23-40(53-43)39-22-21-38(52-39)29-30-51-33-50-4/h7,14,17-28,31-32H,5-6,8-13,15-16,29-30,33H2,1-4H3/b14-7+. The topological polar surface area (TPSA) is 18.5 Å². The zero-order valence-corrected chi connectivity index (χ0v) is 38.6. The molecule has 8 heteroatoms. The van der Waals surface area contributed by atoms with Crippen LogP contribution in [0.25, 0.3) is 65.3 Å². The van der Waals surface area contributed by atoms with Gasteiger partial charge in [0.2, 0.25) is 0 Å². The molecule has 7 rings (SSSR count).